The highest BCUT2D eigenvalue weighted by atomic mass is 16.6. The largest absolute Gasteiger partial charge is 0.459 e. The molecule has 0 radical (unpaired) electrons. The van der Waals surface area contributed by atoms with E-state index < -0.39 is 35.3 Å². The van der Waals surface area contributed by atoms with Gasteiger partial charge in [-0.1, -0.05) is 36.4 Å². The van der Waals surface area contributed by atoms with Gasteiger partial charge in [-0.25, -0.2) is 14.4 Å². The van der Waals surface area contributed by atoms with Crippen molar-refractivity contribution < 1.29 is 28.6 Å². The fraction of sp³-hybridized carbons (Fsp3) is 0.522. The van der Waals surface area contributed by atoms with E-state index >= 15 is 0 Å². The Morgan fingerprint density at radius 2 is 1.57 bits per heavy atom. The molecule has 0 heterocycles. The van der Waals surface area contributed by atoms with Gasteiger partial charge in [0.1, 0.15) is 23.9 Å². The van der Waals surface area contributed by atoms with Crippen LogP contribution in [0.3, 0.4) is 0 Å². The summed E-state index contributed by atoms with van der Waals surface area (Å²) in [6.07, 6.45) is 2.81. The summed E-state index contributed by atoms with van der Waals surface area (Å²) in [7, 11) is 0. The molecule has 0 unspecified atom stereocenters. The highest BCUT2D eigenvalue weighted by Crippen LogP contribution is 2.11. The molecule has 1 rings (SSSR count). The topological polar surface area (TPSA) is 90.9 Å². The van der Waals surface area contributed by atoms with E-state index in [1.54, 1.807) is 47.6 Å². The number of carbonyl (C=O) groups is 3. The molecule has 0 fully saturated rings. The summed E-state index contributed by atoms with van der Waals surface area (Å²) < 4.78 is 15.8. The van der Waals surface area contributed by atoms with Gasteiger partial charge in [0.15, 0.2) is 0 Å². The van der Waals surface area contributed by atoms with Gasteiger partial charge in [-0.05, 0) is 59.9 Å². The number of hydrogen-bond donors (Lipinski definition) is 1. The summed E-state index contributed by atoms with van der Waals surface area (Å²) in [6, 6.07) is 8.34. The van der Waals surface area contributed by atoms with Gasteiger partial charge in [-0.3, -0.25) is 0 Å². The molecular weight excluding hydrogens is 386 g/mol. The van der Waals surface area contributed by atoms with E-state index in [0.717, 1.165) is 5.56 Å². The first-order chi connectivity index (χ1) is 13.9. The quantitative estimate of drug-likeness (QED) is 0.384. The Labute approximate surface area is 178 Å². The van der Waals surface area contributed by atoms with Gasteiger partial charge in [-0.15, -0.1) is 0 Å². The number of nitrogens with one attached hydrogen (secondary N) is 1. The molecule has 0 bridgehead atoms. The third kappa shape index (κ3) is 11.9. The van der Waals surface area contributed by atoms with Crippen molar-refractivity contribution in [2.45, 2.75) is 78.2 Å². The minimum absolute atomic E-state index is 0.0971. The van der Waals surface area contributed by atoms with Crippen molar-refractivity contribution in [2.24, 2.45) is 0 Å². The maximum absolute atomic E-state index is 12.5. The van der Waals surface area contributed by atoms with Gasteiger partial charge in [0, 0.05) is 6.08 Å². The SMILES string of the molecule is CC(C)(C)OC(=O)/C=C/CC[C@H](NC(=O)OC(C)(C)C)C(=O)OCc1ccccc1. The van der Waals surface area contributed by atoms with Gasteiger partial charge >= 0.3 is 18.0 Å². The van der Waals surface area contributed by atoms with Crippen LogP contribution in [0, 0.1) is 0 Å². The molecule has 1 aromatic rings. The molecule has 0 aliphatic rings. The summed E-state index contributed by atoms with van der Waals surface area (Å²) in [5.41, 5.74) is -0.436. The first-order valence-corrected chi connectivity index (χ1v) is 9.95. The molecule has 30 heavy (non-hydrogen) atoms. The number of benzene rings is 1. The molecule has 0 aromatic heterocycles. The molecule has 0 spiro atoms. The maximum atomic E-state index is 12.5. The molecule has 1 amide bonds. The van der Waals surface area contributed by atoms with E-state index in [9.17, 15) is 14.4 Å². The lowest BCUT2D eigenvalue weighted by atomic mass is 10.1. The summed E-state index contributed by atoms with van der Waals surface area (Å²) >= 11 is 0. The predicted octanol–water partition coefficient (Wildman–Crippen LogP) is 4.30. The zero-order valence-corrected chi connectivity index (χ0v) is 18.7. The minimum Gasteiger partial charge on any atom is -0.459 e. The lowest BCUT2D eigenvalue weighted by Gasteiger charge is -2.22. The van der Waals surface area contributed by atoms with Crippen LogP contribution in [-0.2, 0) is 30.4 Å². The van der Waals surface area contributed by atoms with Gasteiger partial charge in [0.2, 0.25) is 0 Å². The number of carbonyl (C=O) groups excluding carboxylic acids is 3. The summed E-state index contributed by atoms with van der Waals surface area (Å²) in [5, 5.41) is 2.55. The van der Waals surface area contributed by atoms with Crippen LogP contribution in [0.15, 0.2) is 42.5 Å². The van der Waals surface area contributed by atoms with E-state index in [0.29, 0.717) is 6.42 Å². The average Bonchev–Trinajstić information content (AvgIpc) is 2.60. The number of allylic oxidation sites excluding steroid dienone is 1. The van der Waals surface area contributed by atoms with Crippen molar-refractivity contribution in [3.8, 4) is 0 Å². The molecule has 1 aromatic carbocycles. The van der Waals surface area contributed by atoms with Gasteiger partial charge < -0.3 is 19.5 Å². The van der Waals surface area contributed by atoms with Crippen molar-refractivity contribution in [3.63, 3.8) is 0 Å². The molecule has 166 valence electrons. The number of amides is 1. The monoisotopic (exact) mass is 419 g/mol. The molecule has 1 atom stereocenters. The van der Waals surface area contributed by atoms with Gasteiger partial charge in [0.05, 0.1) is 0 Å². The Morgan fingerprint density at radius 1 is 0.967 bits per heavy atom. The second-order valence-electron chi connectivity index (χ2n) is 8.81. The van der Waals surface area contributed by atoms with E-state index in [-0.39, 0.29) is 13.0 Å². The van der Waals surface area contributed by atoms with Crippen LogP contribution in [0.1, 0.15) is 59.9 Å². The highest BCUT2D eigenvalue weighted by Gasteiger charge is 2.25. The highest BCUT2D eigenvalue weighted by molar-refractivity contribution is 5.82. The van der Waals surface area contributed by atoms with Crippen LogP contribution in [-0.4, -0.2) is 35.3 Å². The number of ether oxygens (including phenoxy) is 3. The Bertz CT molecular complexity index is 728. The summed E-state index contributed by atoms with van der Waals surface area (Å²) in [4.78, 5) is 36.4. The number of esters is 2. The Morgan fingerprint density at radius 3 is 2.13 bits per heavy atom. The first kappa shape index (κ1) is 25.2. The molecule has 0 saturated heterocycles. The van der Waals surface area contributed by atoms with Crippen LogP contribution < -0.4 is 5.32 Å². The second kappa shape index (κ2) is 11.4. The fourth-order valence-electron chi connectivity index (χ4n) is 2.31. The van der Waals surface area contributed by atoms with E-state index in [4.69, 9.17) is 14.2 Å². The van der Waals surface area contributed by atoms with E-state index in [2.05, 4.69) is 5.32 Å². The molecule has 7 nitrogen and oxygen atoms in total. The molecule has 0 aliphatic carbocycles. The number of rotatable bonds is 8. The molecule has 0 saturated carbocycles. The second-order valence-corrected chi connectivity index (χ2v) is 8.81. The summed E-state index contributed by atoms with van der Waals surface area (Å²) in [5.74, 6) is -1.04. The zero-order chi connectivity index (χ0) is 22.8. The standard InChI is InChI=1S/C23H33NO6/c1-22(2,3)29-19(25)15-11-10-14-18(24-21(27)30-23(4,5)6)20(26)28-16-17-12-8-7-9-13-17/h7-9,11-13,15,18H,10,14,16H2,1-6H3,(H,24,27)/b15-11+/t18-/m0/s1. The van der Waals surface area contributed by atoms with Crippen LogP contribution in [0.4, 0.5) is 4.79 Å². The van der Waals surface area contributed by atoms with Crippen molar-refractivity contribution in [1.82, 2.24) is 5.32 Å². The molecule has 0 aliphatic heterocycles. The summed E-state index contributed by atoms with van der Waals surface area (Å²) in [6.45, 7) is 10.6. The third-order valence-corrected chi connectivity index (χ3v) is 3.48. The van der Waals surface area contributed by atoms with Crippen molar-refractivity contribution >= 4 is 18.0 Å². The van der Waals surface area contributed by atoms with Crippen LogP contribution >= 0.6 is 0 Å². The smallest absolute Gasteiger partial charge is 0.408 e. The Hall–Kier alpha value is -2.83. The molecule has 7 heteroatoms. The van der Waals surface area contributed by atoms with Crippen LogP contribution in [0.2, 0.25) is 0 Å². The lowest BCUT2D eigenvalue weighted by Crippen LogP contribution is -2.44. The van der Waals surface area contributed by atoms with E-state index in [1.807, 2.05) is 30.3 Å². The third-order valence-electron chi connectivity index (χ3n) is 3.48. The van der Waals surface area contributed by atoms with Crippen LogP contribution in [0.25, 0.3) is 0 Å². The minimum atomic E-state index is -0.910. The van der Waals surface area contributed by atoms with Crippen LogP contribution in [0.5, 0.6) is 0 Å². The van der Waals surface area contributed by atoms with Crippen molar-refractivity contribution in [3.05, 3.63) is 48.0 Å². The normalized spacial score (nSPS) is 12.9. The Balaban J connectivity index is 2.68. The van der Waals surface area contributed by atoms with E-state index in [1.165, 1.54) is 6.08 Å². The van der Waals surface area contributed by atoms with Gasteiger partial charge in [-0.2, -0.15) is 0 Å². The first-order valence-electron chi connectivity index (χ1n) is 9.95. The number of alkyl carbamates (subject to hydrolysis) is 1. The maximum Gasteiger partial charge on any atom is 0.408 e. The van der Waals surface area contributed by atoms with Gasteiger partial charge in [0.25, 0.3) is 0 Å². The molecular formula is C23H33NO6. The zero-order valence-electron chi connectivity index (χ0n) is 18.7. The number of hydrogen-bond acceptors (Lipinski definition) is 6. The Kier molecular flexibility index (Phi) is 9.56. The van der Waals surface area contributed by atoms with Crippen molar-refractivity contribution in [1.29, 1.82) is 0 Å². The predicted molar refractivity (Wildman–Crippen MR) is 114 cm³/mol. The van der Waals surface area contributed by atoms with Crippen molar-refractivity contribution in [2.75, 3.05) is 0 Å². The molecule has 1 N–H and O–H groups in total. The fourth-order valence-corrected chi connectivity index (χ4v) is 2.31. The lowest BCUT2D eigenvalue weighted by molar-refractivity contribution is -0.148. The average molecular weight is 420 g/mol.